The van der Waals surface area contributed by atoms with Crippen molar-refractivity contribution in [2.75, 3.05) is 13.1 Å². The topological polar surface area (TPSA) is 63.9 Å². The zero-order chi connectivity index (χ0) is 18.9. The number of aromatic nitrogens is 1. The third-order valence-corrected chi connectivity index (χ3v) is 5.78. The van der Waals surface area contributed by atoms with Gasteiger partial charge in [0.15, 0.2) is 5.03 Å². The number of pyridine rings is 1. The number of halogens is 2. The van der Waals surface area contributed by atoms with Crippen LogP contribution in [0.5, 0.6) is 5.75 Å². The van der Waals surface area contributed by atoms with Gasteiger partial charge in [-0.3, -0.25) is 0 Å². The first-order chi connectivity index (χ1) is 12.3. The number of nitrogens with zero attached hydrogens (tertiary/aromatic N) is 3. The van der Waals surface area contributed by atoms with Crippen LogP contribution in [-0.2, 0) is 10.0 Å². The Labute approximate surface area is 155 Å². The van der Waals surface area contributed by atoms with E-state index in [0.717, 1.165) is 6.07 Å². The van der Waals surface area contributed by atoms with Gasteiger partial charge in [-0.05, 0) is 29.8 Å². The summed E-state index contributed by atoms with van der Waals surface area (Å²) in [6.07, 6.45) is 0.630. The lowest BCUT2D eigenvalue weighted by Crippen LogP contribution is -2.31. The lowest BCUT2D eigenvalue weighted by Gasteiger charge is -2.16. The highest BCUT2D eigenvalue weighted by molar-refractivity contribution is 7.89. The normalized spacial score (nSPS) is 17.9. The minimum absolute atomic E-state index is 0.0255. The van der Waals surface area contributed by atoms with Crippen LogP contribution in [0.4, 0.5) is 10.1 Å². The molecule has 0 N–H and O–H groups in total. The van der Waals surface area contributed by atoms with E-state index in [9.17, 15) is 12.8 Å². The van der Waals surface area contributed by atoms with E-state index in [1.165, 1.54) is 34.8 Å². The summed E-state index contributed by atoms with van der Waals surface area (Å²) in [7, 11) is -3.82. The largest absolute Gasteiger partial charge is 0.485 e. The van der Waals surface area contributed by atoms with E-state index in [-0.39, 0.29) is 29.6 Å². The lowest BCUT2D eigenvalue weighted by atomic mass is 10.2. The molecule has 1 fully saturated rings. The molecule has 2 heterocycles. The van der Waals surface area contributed by atoms with Gasteiger partial charge in [0.25, 0.3) is 10.0 Å². The number of benzene rings is 1. The number of hydrogen-bond acceptors (Lipinski definition) is 4. The fourth-order valence-electron chi connectivity index (χ4n) is 2.47. The summed E-state index contributed by atoms with van der Waals surface area (Å²) in [6, 6.07) is 6.64. The summed E-state index contributed by atoms with van der Waals surface area (Å²) in [5.41, 5.74) is 0.429. The Bertz CT molecular complexity index is 1000. The molecule has 0 bridgehead atoms. The fourth-order valence-corrected chi connectivity index (χ4v) is 3.94. The first-order valence-corrected chi connectivity index (χ1v) is 9.26. The zero-order valence-electron chi connectivity index (χ0n) is 13.4. The lowest BCUT2D eigenvalue weighted by molar-refractivity contribution is 0.241. The Balaban J connectivity index is 1.77. The minimum Gasteiger partial charge on any atom is -0.485 e. The van der Waals surface area contributed by atoms with Gasteiger partial charge in [-0.2, -0.15) is 4.31 Å². The standard InChI is InChI=1S/C17H13ClFN3O3S/c1-11-9-22(26(23,24)17-6-3-12(18)8-21-17)10-16(11)25-13-4-5-15(20-2)14(19)7-13/h3-8,16H,1,9-10H2/t16-/m0/s1. The van der Waals surface area contributed by atoms with Crippen molar-refractivity contribution in [1.29, 1.82) is 0 Å². The summed E-state index contributed by atoms with van der Waals surface area (Å²) in [4.78, 5) is 6.89. The van der Waals surface area contributed by atoms with Gasteiger partial charge in [0.2, 0.25) is 5.69 Å². The van der Waals surface area contributed by atoms with Gasteiger partial charge >= 0.3 is 0 Å². The molecule has 0 aliphatic carbocycles. The van der Waals surface area contributed by atoms with Crippen molar-refractivity contribution in [1.82, 2.24) is 9.29 Å². The predicted molar refractivity (Wildman–Crippen MR) is 94.2 cm³/mol. The van der Waals surface area contributed by atoms with Gasteiger partial charge < -0.3 is 4.74 Å². The third kappa shape index (κ3) is 3.55. The molecule has 0 amide bonds. The summed E-state index contributed by atoms with van der Waals surface area (Å²) in [5.74, 6) is -0.499. The Hall–Kier alpha value is -2.47. The van der Waals surface area contributed by atoms with Crippen LogP contribution < -0.4 is 4.74 Å². The first-order valence-electron chi connectivity index (χ1n) is 7.44. The molecule has 0 spiro atoms. The molecular weight excluding hydrogens is 381 g/mol. The Morgan fingerprint density at radius 1 is 1.38 bits per heavy atom. The van der Waals surface area contributed by atoms with Crippen LogP contribution in [0.1, 0.15) is 0 Å². The zero-order valence-corrected chi connectivity index (χ0v) is 15.0. The molecule has 1 aromatic carbocycles. The van der Waals surface area contributed by atoms with E-state index in [1.54, 1.807) is 0 Å². The van der Waals surface area contributed by atoms with Crippen molar-refractivity contribution in [3.63, 3.8) is 0 Å². The van der Waals surface area contributed by atoms with Gasteiger partial charge in [-0.1, -0.05) is 18.2 Å². The minimum atomic E-state index is -3.82. The van der Waals surface area contributed by atoms with Crippen molar-refractivity contribution in [3.8, 4) is 5.75 Å². The molecule has 0 radical (unpaired) electrons. The van der Waals surface area contributed by atoms with Crippen LogP contribution in [0.15, 0.2) is 53.7 Å². The van der Waals surface area contributed by atoms with Crippen LogP contribution in [0.3, 0.4) is 0 Å². The number of sulfonamides is 1. The fraction of sp³-hybridized carbons (Fsp3) is 0.176. The summed E-state index contributed by atoms with van der Waals surface area (Å²) >= 11 is 5.74. The predicted octanol–water partition coefficient (Wildman–Crippen LogP) is 3.43. The SMILES string of the molecule is [C-]#[N+]c1ccc(O[C@H]2CN(S(=O)(=O)c3ccc(Cl)cn3)CC2=C)cc1F. The van der Waals surface area contributed by atoms with Crippen LogP contribution in [0.25, 0.3) is 4.85 Å². The molecule has 1 saturated heterocycles. The third-order valence-electron chi connectivity index (χ3n) is 3.83. The molecule has 2 aromatic rings. The molecule has 0 saturated carbocycles. The maximum atomic E-state index is 13.7. The van der Waals surface area contributed by atoms with E-state index in [0.29, 0.717) is 10.6 Å². The molecular formula is C17H13ClFN3O3S. The molecule has 9 heteroatoms. The van der Waals surface area contributed by atoms with Gasteiger partial charge in [0, 0.05) is 18.8 Å². The smallest absolute Gasteiger partial charge is 0.260 e. The second-order valence-electron chi connectivity index (χ2n) is 5.60. The molecule has 1 aliphatic heterocycles. The molecule has 134 valence electrons. The molecule has 1 aliphatic rings. The molecule has 6 nitrogen and oxygen atoms in total. The van der Waals surface area contributed by atoms with Crippen molar-refractivity contribution >= 4 is 27.3 Å². The van der Waals surface area contributed by atoms with Crippen molar-refractivity contribution in [3.05, 3.63) is 70.9 Å². The van der Waals surface area contributed by atoms with Gasteiger partial charge in [-0.15, -0.1) is 0 Å². The summed E-state index contributed by atoms with van der Waals surface area (Å²) in [6.45, 7) is 10.8. The maximum absolute atomic E-state index is 13.7. The summed E-state index contributed by atoms with van der Waals surface area (Å²) in [5, 5.41) is 0.212. The van der Waals surface area contributed by atoms with E-state index < -0.39 is 21.9 Å². The van der Waals surface area contributed by atoms with Crippen LogP contribution >= 0.6 is 11.6 Å². The number of ether oxygens (including phenoxy) is 1. The highest BCUT2D eigenvalue weighted by Gasteiger charge is 2.36. The first kappa shape index (κ1) is 18.3. The Morgan fingerprint density at radius 2 is 2.15 bits per heavy atom. The molecule has 1 atom stereocenters. The summed E-state index contributed by atoms with van der Waals surface area (Å²) < 4.78 is 45.9. The number of hydrogen-bond donors (Lipinski definition) is 0. The van der Waals surface area contributed by atoms with Gasteiger partial charge in [0.05, 0.1) is 18.1 Å². The van der Waals surface area contributed by atoms with Crippen molar-refractivity contribution in [2.45, 2.75) is 11.1 Å². The van der Waals surface area contributed by atoms with Gasteiger partial charge in [-0.25, -0.2) is 22.6 Å². The Kier molecular flexibility index (Phi) is 4.96. The van der Waals surface area contributed by atoms with Crippen molar-refractivity contribution < 1.29 is 17.5 Å². The average molecular weight is 394 g/mol. The molecule has 26 heavy (non-hydrogen) atoms. The number of rotatable bonds is 4. The maximum Gasteiger partial charge on any atom is 0.260 e. The monoisotopic (exact) mass is 393 g/mol. The van der Waals surface area contributed by atoms with Crippen LogP contribution in [0.2, 0.25) is 5.02 Å². The molecule has 3 rings (SSSR count). The van der Waals surface area contributed by atoms with E-state index in [2.05, 4.69) is 16.4 Å². The molecule has 0 unspecified atom stereocenters. The quantitative estimate of drug-likeness (QED) is 0.589. The molecule has 1 aromatic heterocycles. The van der Waals surface area contributed by atoms with E-state index in [1.807, 2.05) is 0 Å². The van der Waals surface area contributed by atoms with Crippen LogP contribution in [0, 0.1) is 12.4 Å². The van der Waals surface area contributed by atoms with Gasteiger partial charge in [0.1, 0.15) is 17.7 Å². The second-order valence-corrected chi connectivity index (χ2v) is 7.92. The van der Waals surface area contributed by atoms with E-state index in [4.69, 9.17) is 22.9 Å². The average Bonchev–Trinajstić information content (AvgIpc) is 2.97. The highest BCUT2D eigenvalue weighted by atomic mass is 35.5. The van der Waals surface area contributed by atoms with E-state index >= 15 is 0 Å². The highest BCUT2D eigenvalue weighted by Crippen LogP contribution is 2.28. The van der Waals surface area contributed by atoms with Crippen molar-refractivity contribution in [2.24, 2.45) is 0 Å². The second kappa shape index (κ2) is 7.03. The van der Waals surface area contributed by atoms with Crippen LogP contribution in [-0.4, -0.2) is 36.9 Å². The Morgan fingerprint density at radius 3 is 2.77 bits per heavy atom.